The topological polar surface area (TPSA) is 74.6 Å². The Labute approximate surface area is 133 Å². The van der Waals surface area contributed by atoms with Crippen LogP contribution < -0.4 is 0 Å². The van der Waals surface area contributed by atoms with Crippen molar-refractivity contribution in [2.75, 3.05) is 0 Å². The van der Waals surface area contributed by atoms with Gasteiger partial charge in [-0.3, -0.25) is 0 Å². The molecule has 0 amide bonds. The summed E-state index contributed by atoms with van der Waals surface area (Å²) in [6.07, 6.45) is 0. The van der Waals surface area contributed by atoms with Gasteiger partial charge in [-0.05, 0) is 68.0 Å². The van der Waals surface area contributed by atoms with E-state index in [9.17, 15) is 19.8 Å². The molecule has 0 saturated heterocycles. The Hall–Kier alpha value is -2.44. The van der Waals surface area contributed by atoms with E-state index in [1.165, 1.54) is 34.8 Å². The first-order valence-electron chi connectivity index (χ1n) is 6.27. The molecule has 0 unspecified atom stereocenters. The van der Waals surface area contributed by atoms with Gasteiger partial charge in [-0.15, -0.1) is 0 Å². The van der Waals surface area contributed by atoms with Crippen molar-refractivity contribution >= 4 is 34.6 Å². The van der Waals surface area contributed by atoms with Crippen LogP contribution in [0.3, 0.4) is 0 Å². The molecule has 0 atom stereocenters. The van der Waals surface area contributed by atoms with E-state index in [4.69, 9.17) is 0 Å². The normalized spacial score (nSPS) is 10.5. The Morgan fingerprint density at radius 1 is 0.773 bits per heavy atom. The molecule has 2 aromatic heterocycles. The van der Waals surface area contributed by atoms with Crippen LogP contribution in [0.1, 0.15) is 20.7 Å². The summed E-state index contributed by atoms with van der Waals surface area (Å²) in [5, 5.41) is 26.2. The molecule has 2 N–H and O–H groups in total. The lowest BCUT2D eigenvalue weighted by Gasteiger charge is -2.11. The number of carboxylic acid groups (broad SMARTS) is 2. The molecule has 0 aliphatic heterocycles. The van der Waals surface area contributed by atoms with Crippen molar-refractivity contribution in [3.05, 3.63) is 56.9 Å². The number of thiophene rings is 2. The first-order valence-corrected chi connectivity index (χ1v) is 8.16. The van der Waals surface area contributed by atoms with Crippen molar-refractivity contribution in [3.8, 4) is 22.3 Å². The van der Waals surface area contributed by atoms with Crippen LogP contribution in [-0.4, -0.2) is 22.2 Å². The first kappa shape index (κ1) is 14.5. The molecule has 1 aromatic carbocycles. The molecule has 0 radical (unpaired) electrons. The van der Waals surface area contributed by atoms with E-state index in [2.05, 4.69) is 0 Å². The Morgan fingerprint density at radius 3 is 1.45 bits per heavy atom. The van der Waals surface area contributed by atoms with E-state index in [0.717, 1.165) is 0 Å². The summed E-state index contributed by atoms with van der Waals surface area (Å²) in [7, 11) is 0. The van der Waals surface area contributed by atoms with Gasteiger partial charge in [-0.2, -0.15) is 22.7 Å². The van der Waals surface area contributed by atoms with Gasteiger partial charge in [-0.1, -0.05) is 0 Å². The highest BCUT2D eigenvalue weighted by Gasteiger charge is 2.20. The van der Waals surface area contributed by atoms with Gasteiger partial charge < -0.3 is 10.2 Å². The summed E-state index contributed by atoms with van der Waals surface area (Å²) in [4.78, 5) is 23.2. The van der Waals surface area contributed by atoms with Crippen molar-refractivity contribution < 1.29 is 19.8 Å². The number of aromatic carboxylic acids is 2. The maximum absolute atomic E-state index is 11.6. The van der Waals surface area contributed by atoms with E-state index < -0.39 is 11.9 Å². The lowest BCUT2D eigenvalue weighted by atomic mass is 9.92. The molecule has 0 saturated carbocycles. The summed E-state index contributed by atoms with van der Waals surface area (Å²) in [5.74, 6) is -2.15. The van der Waals surface area contributed by atoms with Crippen molar-refractivity contribution in [2.24, 2.45) is 0 Å². The number of carboxylic acids is 2. The number of hydrogen-bond donors (Lipinski definition) is 2. The van der Waals surface area contributed by atoms with Crippen molar-refractivity contribution in [2.45, 2.75) is 0 Å². The van der Waals surface area contributed by atoms with Gasteiger partial charge in [-0.25, -0.2) is 9.59 Å². The van der Waals surface area contributed by atoms with E-state index in [0.29, 0.717) is 22.3 Å². The van der Waals surface area contributed by atoms with Crippen LogP contribution in [0, 0.1) is 0 Å². The van der Waals surface area contributed by atoms with Gasteiger partial charge in [0.05, 0.1) is 11.1 Å². The zero-order chi connectivity index (χ0) is 15.7. The minimum atomic E-state index is -1.07. The predicted octanol–water partition coefficient (Wildman–Crippen LogP) is 4.54. The molecular weight excluding hydrogens is 320 g/mol. The maximum atomic E-state index is 11.6. The van der Waals surface area contributed by atoms with Crippen molar-refractivity contribution in [1.29, 1.82) is 0 Å². The zero-order valence-electron chi connectivity index (χ0n) is 11.1. The Morgan fingerprint density at radius 2 is 1.18 bits per heavy atom. The number of hydrogen-bond acceptors (Lipinski definition) is 4. The molecule has 0 spiro atoms. The van der Waals surface area contributed by atoms with Gasteiger partial charge in [0.15, 0.2) is 0 Å². The maximum Gasteiger partial charge on any atom is 0.336 e. The summed E-state index contributed by atoms with van der Waals surface area (Å²) in [5.41, 5.74) is 2.47. The summed E-state index contributed by atoms with van der Waals surface area (Å²) in [6.45, 7) is 0. The van der Waals surface area contributed by atoms with Gasteiger partial charge in [0, 0.05) is 0 Å². The summed E-state index contributed by atoms with van der Waals surface area (Å²) in [6, 6.07) is 6.45. The Balaban J connectivity index is 2.31. The monoisotopic (exact) mass is 330 g/mol. The van der Waals surface area contributed by atoms with Crippen LogP contribution in [0.5, 0.6) is 0 Å². The second-order valence-corrected chi connectivity index (χ2v) is 6.14. The smallest absolute Gasteiger partial charge is 0.336 e. The highest BCUT2D eigenvalue weighted by Crippen LogP contribution is 2.34. The fraction of sp³-hybridized carbons (Fsp3) is 0. The quantitative estimate of drug-likeness (QED) is 0.736. The lowest BCUT2D eigenvalue weighted by Crippen LogP contribution is -2.06. The minimum Gasteiger partial charge on any atom is -0.478 e. The highest BCUT2D eigenvalue weighted by atomic mass is 32.1. The third-order valence-corrected chi connectivity index (χ3v) is 4.65. The summed E-state index contributed by atoms with van der Waals surface area (Å²) < 4.78 is 0. The average Bonchev–Trinajstić information content (AvgIpc) is 3.19. The molecule has 4 nitrogen and oxygen atoms in total. The Kier molecular flexibility index (Phi) is 3.79. The largest absolute Gasteiger partial charge is 0.478 e. The standard InChI is InChI=1S/C16H10O4S2/c17-15(18)13-6-12(10-2-4-22-8-10)14(16(19)20)5-11(13)9-1-3-21-7-9/h1-8H,(H,17,18)(H,19,20). The van der Waals surface area contributed by atoms with Crippen LogP contribution in [0.25, 0.3) is 22.3 Å². The second kappa shape index (κ2) is 5.75. The van der Waals surface area contributed by atoms with E-state index in [-0.39, 0.29) is 11.1 Å². The third-order valence-electron chi connectivity index (χ3n) is 3.28. The average molecular weight is 330 g/mol. The molecule has 0 bridgehead atoms. The summed E-state index contributed by atoms with van der Waals surface area (Å²) >= 11 is 2.86. The highest BCUT2D eigenvalue weighted by molar-refractivity contribution is 7.08. The molecule has 110 valence electrons. The molecular formula is C16H10O4S2. The third kappa shape index (κ3) is 2.54. The van der Waals surface area contributed by atoms with Gasteiger partial charge in [0.2, 0.25) is 0 Å². The SMILES string of the molecule is O=C(O)c1cc(-c2ccsc2)c(C(=O)O)cc1-c1ccsc1. The van der Waals surface area contributed by atoms with Gasteiger partial charge in [0.25, 0.3) is 0 Å². The van der Waals surface area contributed by atoms with Crippen molar-refractivity contribution in [1.82, 2.24) is 0 Å². The molecule has 3 aromatic rings. The molecule has 0 aliphatic carbocycles. The lowest BCUT2D eigenvalue weighted by molar-refractivity contribution is 0.0682. The van der Waals surface area contributed by atoms with Crippen LogP contribution in [0.15, 0.2) is 45.8 Å². The van der Waals surface area contributed by atoms with Gasteiger partial charge >= 0.3 is 11.9 Å². The fourth-order valence-electron chi connectivity index (χ4n) is 2.27. The van der Waals surface area contributed by atoms with Crippen LogP contribution in [0.4, 0.5) is 0 Å². The van der Waals surface area contributed by atoms with E-state index >= 15 is 0 Å². The van der Waals surface area contributed by atoms with E-state index in [1.54, 1.807) is 22.9 Å². The fourth-order valence-corrected chi connectivity index (χ4v) is 3.58. The molecule has 0 aliphatic rings. The number of carbonyl (C=O) groups is 2. The number of benzene rings is 1. The first-order chi connectivity index (χ1) is 10.6. The number of rotatable bonds is 4. The minimum absolute atomic E-state index is 0.101. The van der Waals surface area contributed by atoms with Gasteiger partial charge in [0.1, 0.15) is 0 Å². The molecule has 2 heterocycles. The van der Waals surface area contributed by atoms with Crippen LogP contribution in [0.2, 0.25) is 0 Å². The molecule has 22 heavy (non-hydrogen) atoms. The second-order valence-electron chi connectivity index (χ2n) is 4.58. The van der Waals surface area contributed by atoms with Crippen molar-refractivity contribution in [3.63, 3.8) is 0 Å². The van der Waals surface area contributed by atoms with Crippen LogP contribution >= 0.6 is 22.7 Å². The predicted molar refractivity (Wildman–Crippen MR) is 87.0 cm³/mol. The zero-order valence-corrected chi connectivity index (χ0v) is 12.8. The molecule has 3 rings (SSSR count). The van der Waals surface area contributed by atoms with E-state index in [1.807, 2.05) is 10.8 Å². The molecule has 6 heteroatoms. The van der Waals surface area contributed by atoms with Crippen LogP contribution in [-0.2, 0) is 0 Å². The molecule has 0 fully saturated rings. The Bertz CT molecular complexity index is 761.